The van der Waals surface area contributed by atoms with E-state index in [1.807, 2.05) is 20.8 Å². The van der Waals surface area contributed by atoms with Crippen LogP contribution in [0, 0.1) is 5.92 Å². The van der Waals surface area contributed by atoms with Gasteiger partial charge in [-0.3, -0.25) is 4.79 Å². The number of amides is 1. The molecular weight excluding hydrogens is 350 g/mol. The highest BCUT2D eigenvalue weighted by atomic mass is 32.2. The summed E-state index contributed by atoms with van der Waals surface area (Å²) < 4.78 is 26.6. The number of nitrogens with two attached hydrogens (primary N) is 1. The van der Waals surface area contributed by atoms with Gasteiger partial charge in [-0.2, -0.15) is 4.31 Å². The summed E-state index contributed by atoms with van der Waals surface area (Å²) in [6.45, 7) is 7.60. The molecule has 3 N–H and O–H groups in total. The zero-order valence-corrected chi connectivity index (χ0v) is 16.8. The number of nitrogens with one attached hydrogen (secondary N) is 1. The Labute approximate surface area is 157 Å². The highest BCUT2D eigenvalue weighted by Gasteiger charge is 2.28. The lowest BCUT2D eigenvalue weighted by Crippen LogP contribution is -2.55. The van der Waals surface area contributed by atoms with Crippen molar-refractivity contribution >= 4 is 15.9 Å². The second-order valence-electron chi connectivity index (χ2n) is 7.58. The largest absolute Gasteiger partial charge is 0.349 e. The number of aryl methyl sites for hydroxylation is 1. The lowest BCUT2D eigenvalue weighted by Gasteiger charge is -2.33. The van der Waals surface area contributed by atoms with E-state index >= 15 is 0 Å². The van der Waals surface area contributed by atoms with E-state index in [2.05, 4.69) is 5.32 Å². The van der Waals surface area contributed by atoms with Gasteiger partial charge in [0.25, 0.3) is 0 Å². The highest BCUT2D eigenvalue weighted by molar-refractivity contribution is 7.89. The van der Waals surface area contributed by atoms with Crippen LogP contribution in [0.1, 0.15) is 45.6 Å². The summed E-state index contributed by atoms with van der Waals surface area (Å²) in [6, 6.07) is 6.86. The summed E-state index contributed by atoms with van der Waals surface area (Å²) in [5, 5.41) is 3.02. The zero-order valence-electron chi connectivity index (χ0n) is 16.0. The summed E-state index contributed by atoms with van der Waals surface area (Å²) in [6.07, 6.45) is 2.75. The van der Waals surface area contributed by atoms with Gasteiger partial charge >= 0.3 is 0 Å². The third-order valence-electron chi connectivity index (χ3n) is 5.39. The van der Waals surface area contributed by atoms with Crippen LogP contribution in [-0.4, -0.2) is 43.8 Å². The molecule has 0 aliphatic carbocycles. The molecule has 6 nitrogen and oxygen atoms in total. The minimum Gasteiger partial charge on any atom is -0.349 e. The van der Waals surface area contributed by atoms with Gasteiger partial charge in [-0.05, 0) is 49.8 Å². The first-order valence-electron chi connectivity index (χ1n) is 9.29. The average Bonchev–Trinajstić information content (AvgIpc) is 3.15. The Morgan fingerprint density at radius 2 is 1.81 bits per heavy atom. The molecule has 0 saturated carbocycles. The molecule has 1 atom stereocenters. The van der Waals surface area contributed by atoms with Crippen LogP contribution in [0.25, 0.3) is 0 Å². The molecule has 0 radical (unpaired) electrons. The number of hydrogen-bond acceptors (Lipinski definition) is 4. The van der Waals surface area contributed by atoms with E-state index < -0.39 is 15.6 Å². The van der Waals surface area contributed by atoms with Crippen molar-refractivity contribution in [2.45, 2.75) is 56.9 Å². The molecule has 1 aliphatic heterocycles. The number of carbonyl (C=O) groups is 1. The van der Waals surface area contributed by atoms with Crippen LogP contribution in [0.4, 0.5) is 0 Å². The van der Waals surface area contributed by atoms with Crippen molar-refractivity contribution in [1.29, 1.82) is 0 Å². The predicted octanol–water partition coefficient (Wildman–Crippen LogP) is 1.89. The number of sulfonamides is 1. The van der Waals surface area contributed by atoms with E-state index in [0.29, 0.717) is 37.4 Å². The van der Waals surface area contributed by atoms with Crippen LogP contribution in [0.2, 0.25) is 0 Å². The lowest BCUT2D eigenvalue weighted by molar-refractivity contribution is -0.123. The number of rotatable bonds is 8. The van der Waals surface area contributed by atoms with Crippen LogP contribution < -0.4 is 11.1 Å². The van der Waals surface area contributed by atoms with Crippen molar-refractivity contribution in [3.63, 3.8) is 0 Å². The molecule has 1 unspecified atom stereocenters. The standard InChI is InChI=1S/C19H31N3O3S/c1-15(2)19(3,14-20)21-18(23)11-8-16-6-9-17(10-7-16)26(24,25)22-12-4-5-13-22/h6-7,9-10,15H,4-5,8,11-14,20H2,1-3H3,(H,21,23). The first kappa shape index (κ1) is 20.9. The Morgan fingerprint density at radius 1 is 1.23 bits per heavy atom. The maximum absolute atomic E-state index is 12.5. The lowest BCUT2D eigenvalue weighted by atomic mass is 9.88. The molecule has 7 heteroatoms. The van der Waals surface area contributed by atoms with Gasteiger partial charge in [-0.1, -0.05) is 26.0 Å². The van der Waals surface area contributed by atoms with Crippen LogP contribution in [0.5, 0.6) is 0 Å². The van der Waals surface area contributed by atoms with E-state index in [1.165, 1.54) is 4.31 Å². The summed E-state index contributed by atoms with van der Waals surface area (Å²) in [5.41, 5.74) is 6.33. The Morgan fingerprint density at radius 3 is 2.31 bits per heavy atom. The quantitative estimate of drug-likeness (QED) is 0.719. The van der Waals surface area contributed by atoms with Crippen LogP contribution in [0.15, 0.2) is 29.2 Å². The first-order chi connectivity index (χ1) is 12.2. The maximum atomic E-state index is 12.5. The van der Waals surface area contributed by atoms with Crippen molar-refractivity contribution in [3.8, 4) is 0 Å². The van der Waals surface area contributed by atoms with Crippen molar-refractivity contribution in [3.05, 3.63) is 29.8 Å². The minimum absolute atomic E-state index is 0.0413. The maximum Gasteiger partial charge on any atom is 0.243 e. The Balaban J connectivity index is 1.94. The number of benzene rings is 1. The smallest absolute Gasteiger partial charge is 0.243 e. The van der Waals surface area contributed by atoms with Crippen molar-refractivity contribution < 1.29 is 13.2 Å². The van der Waals surface area contributed by atoms with Gasteiger partial charge in [0.05, 0.1) is 10.4 Å². The number of nitrogens with zero attached hydrogens (tertiary/aromatic N) is 1. The van der Waals surface area contributed by atoms with E-state index in [9.17, 15) is 13.2 Å². The van der Waals surface area contributed by atoms with E-state index in [4.69, 9.17) is 5.73 Å². The second kappa shape index (κ2) is 8.50. The van der Waals surface area contributed by atoms with Crippen molar-refractivity contribution in [2.75, 3.05) is 19.6 Å². The fraction of sp³-hybridized carbons (Fsp3) is 0.632. The van der Waals surface area contributed by atoms with Crippen molar-refractivity contribution in [1.82, 2.24) is 9.62 Å². The Kier molecular flexibility index (Phi) is 6.82. The molecule has 2 rings (SSSR count). The van der Waals surface area contributed by atoms with Crippen LogP contribution in [0.3, 0.4) is 0 Å². The minimum atomic E-state index is -3.38. The fourth-order valence-electron chi connectivity index (χ4n) is 2.98. The topological polar surface area (TPSA) is 92.5 Å². The van der Waals surface area contributed by atoms with Gasteiger partial charge < -0.3 is 11.1 Å². The monoisotopic (exact) mass is 381 g/mol. The Hall–Kier alpha value is -1.44. The van der Waals surface area contributed by atoms with E-state index in [0.717, 1.165) is 18.4 Å². The molecule has 1 fully saturated rings. The summed E-state index contributed by atoms with van der Waals surface area (Å²) >= 11 is 0. The molecule has 1 aromatic carbocycles. The molecular formula is C19H31N3O3S. The SMILES string of the molecule is CC(C)C(C)(CN)NC(=O)CCc1ccc(S(=O)(=O)N2CCCC2)cc1. The number of carbonyl (C=O) groups excluding carboxylic acids is 1. The third-order valence-corrected chi connectivity index (χ3v) is 7.30. The van der Waals surface area contributed by atoms with E-state index in [1.54, 1.807) is 24.3 Å². The molecule has 26 heavy (non-hydrogen) atoms. The van der Waals surface area contributed by atoms with Gasteiger partial charge in [0.2, 0.25) is 15.9 Å². The normalized spacial score (nSPS) is 18.0. The van der Waals surface area contributed by atoms with Gasteiger partial charge in [-0.25, -0.2) is 8.42 Å². The van der Waals surface area contributed by atoms with Gasteiger partial charge in [0, 0.05) is 26.1 Å². The molecule has 146 valence electrons. The molecule has 1 aromatic rings. The average molecular weight is 382 g/mol. The molecule has 1 saturated heterocycles. The van der Waals surface area contributed by atoms with Gasteiger partial charge in [-0.15, -0.1) is 0 Å². The molecule has 0 spiro atoms. The highest BCUT2D eigenvalue weighted by Crippen LogP contribution is 2.21. The van der Waals surface area contributed by atoms with E-state index in [-0.39, 0.29) is 11.8 Å². The predicted molar refractivity (Wildman–Crippen MR) is 103 cm³/mol. The number of hydrogen-bond donors (Lipinski definition) is 2. The van der Waals surface area contributed by atoms with Gasteiger partial charge in [0.1, 0.15) is 0 Å². The molecule has 0 bridgehead atoms. The van der Waals surface area contributed by atoms with Crippen LogP contribution >= 0.6 is 0 Å². The Bertz CT molecular complexity index is 710. The summed E-state index contributed by atoms with van der Waals surface area (Å²) in [5.74, 6) is 0.201. The molecule has 0 aromatic heterocycles. The fourth-order valence-corrected chi connectivity index (χ4v) is 4.49. The molecule has 1 amide bonds. The second-order valence-corrected chi connectivity index (χ2v) is 9.52. The third kappa shape index (κ3) is 4.84. The summed E-state index contributed by atoms with van der Waals surface area (Å²) in [7, 11) is -3.38. The van der Waals surface area contributed by atoms with Gasteiger partial charge in [0.15, 0.2) is 0 Å². The van der Waals surface area contributed by atoms with Crippen molar-refractivity contribution in [2.24, 2.45) is 11.7 Å². The molecule has 1 heterocycles. The first-order valence-corrected chi connectivity index (χ1v) is 10.7. The van der Waals surface area contributed by atoms with Crippen LogP contribution in [-0.2, 0) is 21.2 Å². The zero-order chi connectivity index (χ0) is 19.4. The molecule has 1 aliphatic rings. The summed E-state index contributed by atoms with van der Waals surface area (Å²) in [4.78, 5) is 12.5.